The number of aliphatic hydroxyl groups excluding tert-OH is 4. The Kier molecular flexibility index (Phi) is 5.09. The van der Waals surface area contributed by atoms with Gasteiger partial charge in [-0.25, -0.2) is 0 Å². The Morgan fingerprint density at radius 2 is 1.80 bits per heavy atom. The summed E-state index contributed by atoms with van der Waals surface area (Å²) in [5.74, 6) is 0.195. The number of halogens is 2. The van der Waals surface area contributed by atoms with Crippen LogP contribution in [0.3, 0.4) is 0 Å². The first-order valence-corrected chi connectivity index (χ1v) is 6.62. The van der Waals surface area contributed by atoms with E-state index in [1.807, 2.05) is 0 Å². The molecule has 1 heterocycles. The number of aliphatic hydroxyl groups is 4. The number of hydrogen-bond acceptors (Lipinski definition) is 6. The van der Waals surface area contributed by atoms with Crippen LogP contribution in [-0.2, 0) is 4.74 Å². The van der Waals surface area contributed by atoms with Crippen molar-refractivity contribution in [2.24, 2.45) is 0 Å². The number of hydrogen-bond donors (Lipinski definition) is 4. The molecule has 112 valence electrons. The molecule has 0 bridgehead atoms. The molecule has 1 fully saturated rings. The lowest BCUT2D eigenvalue weighted by molar-refractivity contribution is -0.277. The van der Waals surface area contributed by atoms with Crippen LogP contribution in [0, 0.1) is 0 Å². The fraction of sp³-hybridized carbons (Fsp3) is 0.500. The van der Waals surface area contributed by atoms with Crippen LogP contribution in [0.4, 0.5) is 0 Å². The van der Waals surface area contributed by atoms with Crippen LogP contribution in [-0.4, -0.2) is 57.7 Å². The number of rotatable bonds is 3. The normalized spacial score (nSPS) is 34.0. The molecule has 0 unspecified atom stereocenters. The molecular formula is C12H14Cl2O6. The molecule has 0 radical (unpaired) electrons. The molecule has 1 aliphatic heterocycles. The lowest BCUT2D eigenvalue weighted by Gasteiger charge is -2.39. The van der Waals surface area contributed by atoms with Gasteiger partial charge in [-0.05, 0) is 18.2 Å². The first-order chi connectivity index (χ1) is 9.43. The molecule has 0 amide bonds. The van der Waals surface area contributed by atoms with Crippen molar-refractivity contribution in [3.8, 4) is 5.75 Å². The summed E-state index contributed by atoms with van der Waals surface area (Å²) in [7, 11) is 0. The summed E-state index contributed by atoms with van der Waals surface area (Å²) in [6.07, 6.45) is -6.74. The molecule has 20 heavy (non-hydrogen) atoms. The van der Waals surface area contributed by atoms with E-state index in [4.69, 9.17) is 37.8 Å². The zero-order chi connectivity index (χ0) is 14.9. The average molecular weight is 325 g/mol. The van der Waals surface area contributed by atoms with Gasteiger partial charge in [-0.3, -0.25) is 0 Å². The number of benzene rings is 1. The summed E-state index contributed by atoms with van der Waals surface area (Å²) in [6, 6.07) is 4.46. The first-order valence-electron chi connectivity index (χ1n) is 5.86. The van der Waals surface area contributed by atoms with Gasteiger partial charge in [0.15, 0.2) is 0 Å². The highest BCUT2D eigenvalue weighted by Gasteiger charge is 2.44. The highest BCUT2D eigenvalue weighted by Crippen LogP contribution is 2.31. The molecule has 1 aromatic rings. The molecule has 4 N–H and O–H groups in total. The van der Waals surface area contributed by atoms with Crippen molar-refractivity contribution in [3.63, 3.8) is 0 Å². The molecule has 1 aliphatic rings. The van der Waals surface area contributed by atoms with E-state index in [0.29, 0.717) is 5.02 Å². The fourth-order valence-corrected chi connectivity index (χ4v) is 2.31. The maximum atomic E-state index is 9.82. The summed E-state index contributed by atoms with van der Waals surface area (Å²) in [6.45, 7) is -0.529. The van der Waals surface area contributed by atoms with Crippen molar-refractivity contribution in [1.82, 2.24) is 0 Å². The van der Waals surface area contributed by atoms with Gasteiger partial charge in [0, 0.05) is 5.02 Å². The third kappa shape index (κ3) is 3.17. The molecular weight excluding hydrogens is 311 g/mol. The van der Waals surface area contributed by atoms with Gasteiger partial charge < -0.3 is 29.9 Å². The second kappa shape index (κ2) is 6.44. The highest BCUT2D eigenvalue weighted by molar-refractivity contribution is 6.35. The van der Waals surface area contributed by atoms with Crippen molar-refractivity contribution < 1.29 is 29.9 Å². The lowest BCUT2D eigenvalue weighted by Crippen LogP contribution is -2.60. The zero-order valence-corrected chi connectivity index (χ0v) is 11.7. The van der Waals surface area contributed by atoms with E-state index < -0.39 is 37.3 Å². The fourth-order valence-electron chi connectivity index (χ4n) is 1.86. The van der Waals surface area contributed by atoms with Crippen molar-refractivity contribution in [3.05, 3.63) is 28.2 Å². The van der Waals surface area contributed by atoms with Crippen LogP contribution in [0.25, 0.3) is 0 Å². The Hall–Kier alpha value is -0.600. The third-order valence-electron chi connectivity index (χ3n) is 2.99. The SMILES string of the molecule is OC[C@@H]1O[C@H](Oc2ccc(Cl)cc2Cl)[C@@H](O)[C@@H](O)[C@@H]1O. The van der Waals surface area contributed by atoms with Gasteiger partial charge in [0.2, 0.25) is 6.29 Å². The van der Waals surface area contributed by atoms with Gasteiger partial charge in [0.25, 0.3) is 0 Å². The Morgan fingerprint density at radius 1 is 1.10 bits per heavy atom. The lowest BCUT2D eigenvalue weighted by atomic mass is 9.99. The van der Waals surface area contributed by atoms with Crippen LogP contribution in [0.2, 0.25) is 10.0 Å². The summed E-state index contributed by atoms with van der Waals surface area (Å²) in [5.41, 5.74) is 0. The molecule has 0 aliphatic carbocycles. The topological polar surface area (TPSA) is 99.4 Å². The minimum Gasteiger partial charge on any atom is -0.460 e. The van der Waals surface area contributed by atoms with E-state index in [1.165, 1.54) is 18.2 Å². The van der Waals surface area contributed by atoms with E-state index >= 15 is 0 Å². The summed E-state index contributed by atoms with van der Waals surface area (Å²) in [4.78, 5) is 0. The molecule has 5 atom stereocenters. The van der Waals surface area contributed by atoms with Gasteiger partial charge in [0.1, 0.15) is 30.2 Å². The molecule has 6 nitrogen and oxygen atoms in total. The smallest absolute Gasteiger partial charge is 0.229 e. The van der Waals surface area contributed by atoms with Crippen molar-refractivity contribution in [2.45, 2.75) is 30.7 Å². The Bertz CT molecular complexity index is 469. The molecule has 0 spiro atoms. The van der Waals surface area contributed by atoms with Gasteiger partial charge >= 0.3 is 0 Å². The average Bonchev–Trinajstić information content (AvgIpc) is 2.42. The van der Waals surface area contributed by atoms with Gasteiger partial charge in [-0.15, -0.1) is 0 Å². The van der Waals surface area contributed by atoms with Crippen molar-refractivity contribution in [2.75, 3.05) is 6.61 Å². The molecule has 1 aromatic carbocycles. The standard InChI is InChI=1S/C12H14Cl2O6/c13-5-1-2-7(6(14)3-5)19-12-11(18)10(17)9(16)8(4-15)20-12/h1-3,8-12,15-18H,4H2/t8-,9+,10-,11-,12-/m0/s1. The third-order valence-corrected chi connectivity index (χ3v) is 3.52. The quantitative estimate of drug-likeness (QED) is 0.632. The Morgan fingerprint density at radius 3 is 2.40 bits per heavy atom. The predicted molar refractivity (Wildman–Crippen MR) is 70.9 cm³/mol. The minimum atomic E-state index is -1.50. The first kappa shape index (κ1) is 15.8. The monoisotopic (exact) mass is 324 g/mol. The molecule has 1 saturated heterocycles. The zero-order valence-electron chi connectivity index (χ0n) is 10.2. The second-order valence-corrected chi connectivity index (χ2v) is 5.23. The van der Waals surface area contributed by atoms with Crippen molar-refractivity contribution >= 4 is 23.2 Å². The molecule has 0 saturated carbocycles. The van der Waals surface area contributed by atoms with E-state index in [0.717, 1.165) is 0 Å². The van der Waals surface area contributed by atoms with Crippen LogP contribution in [0.1, 0.15) is 0 Å². The van der Waals surface area contributed by atoms with E-state index in [1.54, 1.807) is 0 Å². The van der Waals surface area contributed by atoms with Crippen LogP contribution in [0.15, 0.2) is 18.2 Å². The molecule has 2 rings (SSSR count). The van der Waals surface area contributed by atoms with Gasteiger partial charge in [-0.1, -0.05) is 23.2 Å². The second-order valence-electron chi connectivity index (χ2n) is 4.39. The van der Waals surface area contributed by atoms with Crippen LogP contribution < -0.4 is 4.74 Å². The minimum absolute atomic E-state index is 0.195. The predicted octanol–water partition coefficient (Wildman–Crippen LogP) is 0.172. The Labute approximate surface area is 125 Å². The maximum Gasteiger partial charge on any atom is 0.229 e. The summed E-state index contributed by atoms with van der Waals surface area (Å²) >= 11 is 11.7. The Balaban J connectivity index is 2.15. The van der Waals surface area contributed by atoms with Crippen LogP contribution >= 0.6 is 23.2 Å². The largest absolute Gasteiger partial charge is 0.460 e. The van der Waals surface area contributed by atoms with Crippen molar-refractivity contribution in [1.29, 1.82) is 0 Å². The van der Waals surface area contributed by atoms with E-state index in [-0.39, 0.29) is 10.8 Å². The summed E-state index contributed by atoms with van der Waals surface area (Å²) < 4.78 is 10.6. The van der Waals surface area contributed by atoms with Crippen LogP contribution in [0.5, 0.6) is 5.75 Å². The van der Waals surface area contributed by atoms with Gasteiger partial charge in [-0.2, -0.15) is 0 Å². The van der Waals surface area contributed by atoms with E-state index in [2.05, 4.69) is 0 Å². The molecule has 0 aromatic heterocycles. The summed E-state index contributed by atoms with van der Waals surface area (Å²) in [5, 5.41) is 38.8. The highest BCUT2D eigenvalue weighted by atomic mass is 35.5. The maximum absolute atomic E-state index is 9.82. The number of ether oxygens (including phenoxy) is 2. The van der Waals surface area contributed by atoms with E-state index in [9.17, 15) is 15.3 Å². The molecule has 8 heteroatoms. The van der Waals surface area contributed by atoms with Gasteiger partial charge in [0.05, 0.1) is 11.6 Å².